The molecule has 1 fully saturated rings. The van der Waals surface area contributed by atoms with E-state index in [1.807, 2.05) is 42.3 Å². The maximum Gasteiger partial charge on any atom is 0.254 e. The number of hydrogen-bond acceptors (Lipinski definition) is 4. The molecule has 2 aliphatic heterocycles. The van der Waals surface area contributed by atoms with Crippen LogP contribution in [0.1, 0.15) is 45.6 Å². The number of nitrogens with zero attached hydrogens (tertiary/aromatic N) is 2. The first-order chi connectivity index (χ1) is 17.5. The standard InChI is InChI=1S/C29H30FN3O3/c1-19-27(17-32-28(34)20-9-12-36-13-10-20)26-8-11-33(18-24(26)16-31-19)29(35)23-6-2-4-21(14-23)22-5-3-7-25(30)15-22/h2-7,14-16,20H,8-13,17-18H2,1H3,(H,32,34). The van der Waals surface area contributed by atoms with Crippen LogP contribution in [0.25, 0.3) is 11.1 Å². The molecule has 0 unspecified atom stereocenters. The van der Waals surface area contributed by atoms with Crippen molar-refractivity contribution in [2.75, 3.05) is 19.8 Å². The molecule has 0 aliphatic carbocycles. The zero-order chi connectivity index (χ0) is 25.1. The summed E-state index contributed by atoms with van der Waals surface area (Å²) in [4.78, 5) is 32.4. The third-order valence-electron chi connectivity index (χ3n) is 7.18. The minimum atomic E-state index is -0.306. The number of rotatable bonds is 5. The van der Waals surface area contributed by atoms with Gasteiger partial charge in [-0.2, -0.15) is 0 Å². The lowest BCUT2D eigenvalue weighted by molar-refractivity contribution is -0.128. The molecule has 3 aromatic rings. The lowest BCUT2D eigenvalue weighted by atomic mass is 9.93. The summed E-state index contributed by atoms with van der Waals surface area (Å²) < 4.78 is 19.1. The Hall–Kier alpha value is -3.58. The van der Waals surface area contributed by atoms with Crippen molar-refractivity contribution in [2.45, 2.75) is 39.3 Å². The van der Waals surface area contributed by atoms with Crippen molar-refractivity contribution in [1.29, 1.82) is 0 Å². The van der Waals surface area contributed by atoms with E-state index in [-0.39, 0.29) is 23.5 Å². The number of nitrogens with one attached hydrogen (secondary N) is 1. The van der Waals surface area contributed by atoms with Gasteiger partial charge >= 0.3 is 0 Å². The number of halogens is 1. The molecular weight excluding hydrogens is 457 g/mol. The number of carbonyl (C=O) groups is 2. The van der Waals surface area contributed by atoms with Crippen molar-refractivity contribution >= 4 is 11.8 Å². The van der Waals surface area contributed by atoms with Gasteiger partial charge in [0.15, 0.2) is 0 Å². The number of ether oxygens (including phenoxy) is 1. The van der Waals surface area contributed by atoms with Crippen LogP contribution in [-0.2, 0) is 29.0 Å². The van der Waals surface area contributed by atoms with E-state index in [4.69, 9.17) is 4.74 Å². The predicted octanol–water partition coefficient (Wildman–Crippen LogP) is 4.44. The summed E-state index contributed by atoms with van der Waals surface area (Å²) in [5.41, 5.74) is 6.25. The number of pyridine rings is 1. The summed E-state index contributed by atoms with van der Waals surface area (Å²) in [6.45, 7) is 4.73. The fraction of sp³-hybridized carbons (Fsp3) is 0.345. The summed E-state index contributed by atoms with van der Waals surface area (Å²) in [5, 5.41) is 3.10. The lowest BCUT2D eigenvalue weighted by Gasteiger charge is -2.31. The van der Waals surface area contributed by atoms with Crippen LogP contribution in [0.3, 0.4) is 0 Å². The first kappa shape index (κ1) is 24.1. The number of fused-ring (bicyclic) bond motifs is 1. The fourth-order valence-corrected chi connectivity index (χ4v) is 5.09. The topological polar surface area (TPSA) is 71.5 Å². The average Bonchev–Trinajstić information content (AvgIpc) is 2.92. The van der Waals surface area contributed by atoms with Crippen molar-refractivity contribution in [3.05, 3.63) is 88.5 Å². The first-order valence-electron chi connectivity index (χ1n) is 12.5. The van der Waals surface area contributed by atoms with E-state index in [1.54, 1.807) is 12.1 Å². The van der Waals surface area contributed by atoms with E-state index in [9.17, 15) is 14.0 Å². The molecule has 1 N–H and O–H groups in total. The highest BCUT2D eigenvalue weighted by Gasteiger charge is 2.26. The molecule has 0 spiro atoms. The van der Waals surface area contributed by atoms with Gasteiger partial charge in [0.25, 0.3) is 5.91 Å². The zero-order valence-electron chi connectivity index (χ0n) is 20.4. The molecule has 0 radical (unpaired) electrons. The number of amides is 2. The summed E-state index contributed by atoms with van der Waals surface area (Å²) in [6.07, 6.45) is 4.06. The Labute approximate surface area is 210 Å². The van der Waals surface area contributed by atoms with Gasteiger partial charge in [-0.25, -0.2) is 4.39 Å². The quantitative estimate of drug-likeness (QED) is 0.578. The molecule has 1 saturated heterocycles. The molecule has 6 nitrogen and oxygen atoms in total. The molecule has 0 atom stereocenters. The van der Waals surface area contributed by atoms with E-state index in [0.29, 0.717) is 44.8 Å². The fourth-order valence-electron chi connectivity index (χ4n) is 5.09. The normalized spacial score (nSPS) is 15.9. The zero-order valence-corrected chi connectivity index (χ0v) is 20.4. The van der Waals surface area contributed by atoms with Gasteiger partial charge in [0.2, 0.25) is 5.91 Å². The van der Waals surface area contributed by atoms with Crippen LogP contribution in [0.4, 0.5) is 4.39 Å². The molecule has 186 valence electrons. The maximum atomic E-state index is 13.7. The monoisotopic (exact) mass is 487 g/mol. The molecule has 0 saturated carbocycles. The van der Waals surface area contributed by atoms with Crippen LogP contribution >= 0.6 is 0 Å². The minimum absolute atomic E-state index is 0.00260. The number of hydrogen-bond donors (Lipinski definition) is 1. The summed E-state index contributed by atoms with van der Waals surface area (Å²) in [7, 11) is 0. The molecule has 2 aromatic carbocycles. The van der Waals surface area contributed by atoms with Crippen LogP contribution in [-0.4, -0.2) is 41.5 Å². The SMILES string of the molecule is Cc1ncc2c(c1CNC(=O)C1CCOCC1)CCN(C(=O)c1cccc(-c3cccc(F)c3)c1)C2. The van der Waals surface area contributed by atoms with E-state index >= 15 is 0 Å². The molecule has 3 heterocycles. The molecular formula is C29H30FN3O3. The minimum Gasteiger partial charge on any atom is -0.381 e. The second kappa shape index (κ2) is 10.6. The second-order valence-electron chi connectivity index (χ2n) is 9.50. The van der Waals surface area contributed by atoms with Crippen LogP contribution < -0.4 is 5.32 Å². The number of aryl methyl sites for hydroxylation is 1. The third kappa shape index (κ3) is 5.16. The molecule has 0 bridgehead atoms. The van der Waals surface area contributed by atoms with E-state index in [1.165, 1.54) is 17.7 Å². The van der Waals surface area contributed by atoms with E-state index in [0.717, 1.165) is 40.8 Å². The van der Waals surface area contributed by atoms with E-state index < -0.39 is 0 Å². The number of benzene rings is 2. The van der Waals surface area contributed by atoms with Gasteiger partial charge in [0.1, 0.15) is 5.82 Å². The third-order valence-corrected chi connectivity index (χ3v) is 7.18. The molecule has 5 rings (SSSR count). The van der Waals surface area contributed by atoms with Gasteiger partial charge in [0.05, 0.1) is 0 Å². The first-order valence-corrected chi connectivity index (χ1v) is 12.5. The summed E-state index contributed by atoms with van der Waals surface area (Å²) in [6, 6.07) is 13.7. The Morgan fingerprint density at radius 3 is 2.64 bits per heavy atom. The number of aromatic nitrogens is 1. The Morgan fingerprint density at radius 1 is 1.11 bits per heavy atom. The lowest BCUT2D eigenvalue weighted by Crippen LogP contribution is -2.38. The number of carbonyl (C=O) groups excluding carboxylic acids is 2. The largest absolute Gasteiger partial charge is 0.381 e. The molecule has 7 heteroatoms. The van der Waals surface area contributed by atoms with Crippen molar-refractivity contribution in [2.24, 2.45) is 5.92 Å². The average molecular weight is 488 g/mol. The van der Waals surface area contributed by atoms with Crippen LogP contribution in [0.2, 0.25) is 0 Å². The molecule has 2 amide bonds. The summed E-state index contributed by atoms with van der Waals surface area (Å²) >= 11 is 0. The highest BCUT2D eigenvalue weighted by atomic mass is 19.1. The van der Waals surface area contributed by atoms with Crippen molar-refractivity contribution in [3.8, 4) is 11.1 Å². The smallest absolute Gasteiger partial charge is 0.254 e. The van der Waals surface area contributed by atoms with Crippen LogP contribution in [0.15, 0.2) is 54.7 Å². The Morgan fingerprint density at radius 2 is 1.86 bits per heavy atom. The van der Waals surface area contributed by atoms with Gasteiger partial charge in [-0.1, -0.05) is 24.3 Å². The molecule has 2 aliphatic rings. The van der Waals surface area contributed by atoms with Crippen molar-refractivity contribution in [1.82, 2.24) is 15.2 Å². The Balaban J connectivity index is 1.30. The maximum absolute atomic E-state index is 13.7. The highest BCUT2D eigenvalue weighted by molar-refractivity contribution is 5.95. The molecule has 36 heavy (non-hydrogen) atoms. The predicted molar refractivity (Wildman–Crippen MR) is 135 cm³/mol. The summed E-state index contributed by atoms with van der Waals surface area (Å²) in [5.74, 6) is -0.294. The Bertz CT molecular complexity index is 1290. The molecule has 1 aromatic heterocycles. The van der Waals surface area contributed by atoms with E-state index in [2.05, 4.69) is 10.3 Å². The second-order valence-corrected chi connectivity index (χ2v) is 9.50. The highest BCUT2D eigenvalue weighted by Crippen LogP contribution is 2.27. The Kier molecular flexibility index (Phi) is 7.09. The van der Waals surface area contributed by atoms with Crippen LogP contribution in [0, 0.1) is 18.7 Å². The van der Waals surface area contributed by atoms with Gasteiger partial charge in [0, 0.05) is 56.2 Å². The van der Waals surface area contributed by atoms with Gasteiger partial charge < -0.3 is 15.0 Å². The van der Waals surface area contributed by atoms with Gasteiger partial charge in [-0.05, 0) is 78.3 Å². The van der Waals surface area contributed by atoms with Crippen molar-refractivity contribution < 1.29 is 18.7 Å². The van der Waals surface area contributed by atoms with Gasteiger partial charge in [-0.3, -0.25) is 14.6 Å². The van der Waals surface area contributed by atoms with Gasteiger partial charge in [-0.15, -0.1) is 0 Å². The van der Waals surface area contributed by atoms with Crippen molar-refractivity contribution in [3.63, 3.8) is 0 Å². The van der Waals surface area contributed by atoms with Crippen LogP contribution in [0.5, 0.6) is 0 Å².